The summed E-state index contributed by atoms with van der Waals surface area (Å²) in [7, 11) is 0. The van der Waals surface area contributed by atoms with Gasteiger partial charge < -0.3 is 0 Å². The minimum Gasteiger partial charge on any atom is -0.0654 e. The summed E-state index contributed by atoms with van der Waals surface area (Å²) in [6, 6.07) is 0. The average molecular weight is 347 g/mol. The van der Waals surface area contributed by atoms with Crippen molar-refractivity contribution in [2.45, 2.75) is 118 Å². The van der Waals surface area contributed by atoms with E-state index in [4.69, 9.17) is 0 Å². The van der Waals surface area contributed by atoms with E-state index in [2.05, 4.69) is 27.7 Å². The first-order chi connectivity index (χ1) is 12.0. The van der Waals surface area contributed by atoms with Crippen molar-refractivity contribution in [3.8, 4) is 0 Å². The molecule has 0 aromatic carbocycles. The Hall–Kier alpha value is 0. The molecule has 3 saturated carbocycles. The predicted octanol–water partition coefficient (Wildman–Crippen LogP) is 8.25. The molecule has 0 aromatic heterocycles. The Morgan fingerprint density at radius 1 is 0.600 bits per heavy atom. The zero-order chi connectivity index (χ0) is 17.9. The molecule has 25 heavy (non-hydrogen) atoms. The van der Waals surface area contributed by atoms with Gasteiger partial charge in [0.2, 0.25) is 0 Å². The summed E-state index contributed by atoms with van der Waals surface area (Å²) >= 11 is 0. The SMILES string of the molecule is CCCCCC1CC1CC1CC1CC1CC1CCCCCC(C)(C)C. The molecule has 3 aliphatic rings. The molecule has 3 fully saturated rings. The van der Waals surface area contributed by atoms with Crippen molar-refractivity contribution in [3.63, 3.8) is 0 Å². The van der Waals surface area contributed by atoms with Crippen molar-refractivity contribution >= 4 is 0 Å². The second-order valence-corrected chi connectivity index (χ2v) is 11.4. The average Bonchev–Trinajstić information content (AvgIpc) is 3.43. The molecule has 0 amide bonds. The Labute approximate surface area is 158 Å². The van der Waals surface area contributed by atoms with Gasteiger partial charge >= 0.3 is 0 Å². The fourth-order valence-electron chi connectivity index (χ4n) is 5.47. The van der Waals surface area contributed by atoms with E-state index >= 15 is 0 Å². The minimum atomic E-state index is 0.541. The molecule has 0 bridgehead atoms. The van der Waals surface area contributed by atoms with Gasteiger partial charge in [0.1, 0.15) is 0 Å². The van der Waals surface area contributed by atoms with E-state index in [1.807, 2.05) is 0 Å². The molecule has 0 spiro atoms. The lowest BCUT2D eigenvalue weighted by Crippen LogP contribution is -2.03. The third-order valence-electron chi connectivity index (χ3n) is 7.60. The largest absolute Gasteiger partial charge is 0.0654 e. The van der Waals surface area contributed by atoms with Crippen LogP contribution in [0.5, 0.6) is 0 Å². The number of hydrogen-bond acceptors (Lipinski definition) is 0. The number of unbranched alkanes of at least 4 members (excludes halogenated alkanes) is 4. The fourth-order valence-corrected chi connectivity index (χ4v) is 5.47. The summed E-state index contributed by atoms with van der Waals surface area (Å²) < 4.78 is 0. The van der Waals surface area contributed by atoms with E-state index in [1.165, 1.54) is 44.9 Å². The summed E-state index contributed by atoms with van der Waals surface area (Å²) in [5.41, 5.74) is 0.541. The predicted molar refractivity (Wildman–Crippen MR) is 111 cm³/mol. The van der Waals surface area contributed by atoms with E-state index in [0.717, 1.165) is 35.5 Å². The van der Waals surface area contributed by atoms with E-state index in [-0.39, 0.29) is 0 Å². The molecule has 6 unspecified atom stereocenters. The van der Waals surface area contributed by atoms with Gasteiger partial charge in [-0.05, 0) is 79.4 Å². The maximum absolute atomic E-state index is 2.38. The Balaban J connectivity index is 1.15. The quantitative estimate of drug-likeness (QED) is 0.294. The lowest BCUT2D eigenvalue weighted by molar-refractivity contribution is 0.355. The minimum absolute atomic E-state index is 0.541. The highest BCUT2D eigenvalue weighted by atomic mass is 14.5. The second-order valence-electron chi connectivity index (χ2n) is 11.4. The Bertz CT molecular complexity index is 389. The molecule has 6 atom stereocenters. The van der Waals surface area contributed by atoms with Crippen LogP contribution in [0.4, 0.5) is 0 Å². The monoisotopic (exact) mass is 346 g/mol. The third-order valence-corrected chi connectivity index (χ3v) is 7.60. The van der Waals surface area contributed by atoms with Crippen molar-refractivity contribution in [2.75, 3.05) is 0 Å². The van der Waals surface area contributed by atoms with E-state index < -0.39 is 0 Å². The summed E-state index contributed by atoms with van der Waals surface area (Å²) in [5.74, 6) is 6.91. The third kappa shape index (κ3) is 7.26. The van der Waals surface area contributed by atoms with Crippen LogP contribution >= 0.6 is 0 Å². The van der Waals surface area contributed by atoms with Crippen LogP contribution in [-0.4, -0.2) is 0 Å². The Kier molecular flexibility index (Phi) is 6.95. The summed E-state index contributed by atoms with van der Waals surface area (Å²) in [6.45, 7) is 9.47. The molecule has 3 rings (SSSR count). The van der Waals surface area contributed by atoms with Crippen LogP contribution in [0.2, 0.25) is 0 Å². The van der Waals surface area contributed by atoms with Crippen molar-refractivity contribution in [1.82, 2.24) is 0 Å². The van der Waals surface area contributed by atoms with Crippen molar-refractivity contribution in [2.24, 2.45) is 40.9 Å². The molecule has 0 aromatic rings. The molecule has 146 valence electrons. The second kappa shape index (κ2) is 8.79. The molecule has 0 radical (unpaired) electrons. The highest BCUT2D eigenvalue weighted by Gasteiger charge is 2.48. The van der Waals surface area contributed by atoms with Gasteiger partial charge in [-0.15, -0.1) is 0 Å². The number of hydrogen-bond donors (Lipinski definition) is 0. The zero-order valence-corrected chi connectivity index (χ0v) is 17.9. The Morgan fingerprint density at radius 2 is 1.08 bits per heavy atom. The summed E-state index contributed by atoms with van der Waals surface area (Å²) in [5, 5.41) is 0. The topological polar surface area (TPSA) is 0 Å². The van der Waals surface area contributed by atoms with E-state index in [0.29, 0.717) is 5.41 Å². The smallest absolute Gasteiger partial charge is 0.0380 e. The maximum atomic E-state index is 2.38. The molecule has 0 aliphatic heterocycles. The first-order valence-electron chi connectivity index (χ1n) is 12.0. The van der Waals surface area contributed by atoms with Gasteiger partial charge in [0.15, 0.2) is 0 Å². The molecule has 3 aliphatic carbocycles. The van der Waals surface area contributed by atoms with Crippen LogP contribution in [0.3, 0.4) is 0 Å². The van der Waals surface area contributed by atoms with E-state index in [9.17, 15) is 0 Å². The number of rotatable bonds is 13. The molecule has 0 saturated heterocycles. The normalized spacial score (nSPS) is 36.5. The van der Waals surface area contributed by atoms with Gasteiger partial charge in [-0.1, -0.05) is 79.1 Å². The van der Waals surface area contributed by atoms with Gasteiger partial charge in [0.25, 0.3) is 0 Å². The molecule has 0 nitrogen and oxygen atoms in total. The molecular formula is C25H46. The Morgan fingerprint density at radius 3 is 1.60 bits per heavy atom. The lowest BCUT2D eigenvalue weighted by Gasteiger charge is -2.17. The zero-order valence-electron chi connectivity index (χ0n) is 17.9. The van der Waals surface area contributed by atoms with Crippen LogP contribution < -0.4 is 0 Å². The molecular weight excluding hydrogens is 300 g/mol. The van der Waals surface area contributed by atoms with Gasteiger partial charge in [-0.25, -0.2) is 0 Å². The van der Waals surface area contributed by atoms with Crippen molar-refractivity contribution < 1.29 is 0 Å². The van der Waals surface area contributed by atoms with Crippen LogP contribution in [0, 0.1) is 40.9 Å². The summed E-state index contributed by atoms with van der Waals surface area (Å²) in [4.78, 5) is 0. The van der Waals surface area contributed by atoms with Crippen LogP contribution in [0.15, 0.2) is 0 Å². The van der Waals surface area contributed by atoms with Crippen molar-refractivity contribution in [3.05, 3.63) is 0 Å². The highest BCUT2D eigenvalue weighted by Crippen LogP contribution is 2.58. The van der Waals surface area contributed by atoms with Crippen LogP contribution in [-0.2, 0) is 0 Å². The van der Waals surface area contributed by atoms with Gasteiger partial charge in [0.05, 0.1) is 0 Å². The lowest BCUT2D eigenvalue weighted by atomic mass is 9.89. The molecule has 0 heterocycles. The summed E-state index contributed by atoms with van der Waals surface area (Å²) in [6.07, 6.45) is 21.3. The molecule has 0 heteroatoms. The first kappa shape index (κ1) is 19.8. The highest BCUT2D eigenvalue weighted by molar-refractivity contribution is 4.98. The first-order valence-corrected chi connectivity index (χ1v) is 12.0. The van der Waals surface area contributed by atoms with Crippen LogP contribution in [0.25, 0.3) is 0 Å². The standard InChI is InChI=1S/C25H46/c1-5-6-8-11-19-14-21(19)16-23-18-24(23)17-22-15-20(22)12-9-7-10-13-25(2,3)4/h19-24H,5-18H2,1-4H3. The van der Waals surface area contributed by atoms with Gasteiger partial charge in [-0.3, -0.25) is 0 Å². The van der Waals surface area contributed by atoms with Crippen molar-refractivity contribution in [1.29, 1.82) is 0 Å². The maximum Gasteiger partial charge on any atom is -0.0380 e. The van der Waals surface area contributed by atoms with E-state index in [1.54, 1.807) is 44.9 Å². The fraction of sp³-hybridized carbons (Fsp3) is 1.00. The van der Waals surface area contributed by atoms with Crippen LogP contribution in [0.1, 0.15) is 118 Å². The molecule has 0 N–H and O–H groups in total. The van der Waals surface area contributed by atoms with Gasteiger partial charge in [-0.2, -0.15) is 0 Å². The van der Waals surface area contributed by atoms with Gasteiger partial charge in [0, 0.05) is 0 Å².